The van der Waals surface area contributed by atoms with E-state index in [-0.39, 0.29) is 11.2 Å². The van der Waals surface area contributed by atoms with E-state index in [9.17, 15) is 4.79 Å². The summed E-state index contributed by atoms with van der Waals surface area (Å²) in [5.41, 5.74) is 4.29. The lowest BCUT2D eigenvalue weighted by Crippen LogP contribution is -2.59. The molecule has 0 spiro atoms. The first-order valence-corrected chi connectivity index (χ1v) is 13.2. The standard InChI is InChI=1S/C28H32BrN3O2/c1-28(2)23-13-20(34-16-17-8-10-32(11-9-17)19-14-31(3)15-19)5-7-21(23)26(33)25-22-6-4-18(29)12-24(22)30-27(25)28/h4-7,12-13,17,19,30H,8-11,14-16H2,1-3H3. The molecule has 0 radical (unpaired) electrons. The highest BCUT2D eigenvalue weighted by Crippen LogP contribution is 2.45. The van der Waals surface area contributed by atoms with Crippen LogP contribution in [0.15, 0.2) is 40.9 Å². The van der Waals surface area contributed by atoms with E-state index in [2.05, 4.69) is 57.7 Å². The number of nitrogens with one attached hydrogen (secondary N) is 1. The van der Waals surface area contributed by atoms with Gasteiger partial charge in [0.05, 0.1) is 12.2 Å². The summed E-state index contributed by atoms with van der Waals surface area (Å²) in [6.07, 6.45) is 2.40. The lowest BCUT2D eigenvalue weighted by Gasteiger charge is -2.46. The van der Waals surface area contributed by atoms with E-state index in [1.165, 1.54) is 39.0 Å². The van der Waals surface area contributed by atoms with Crippen LogP contribution in [-0.2, 0) is 5.41 Å². The number of benzene rings is 2. The number of carbonyl (C=O) groups is 1. The average molecular weight is 522 g/mol. The lowest BCUT2D eigenvalue weighted by atomic mass is 9.71. The SMILES string of the molecule is CN1CC(N2CCC(COc3ccc4c(c3)C(C)(C)c3[nH]c5cc(Br)ccc5c3C4=O)CC2)C1. The third kappa shape index (κ3) is 3.62. The van der Waals surface area contributed by atoms with Gasteiger partial charge >= 0.3 is 0 Å². The zero-order valence-electron chi connectivity index (χ0n) is 20.2. The van der Waals surface area contributed by atoms with E-state index in [0.29, 0.717) is 5.92 Å². The summed E-state index contributed by atoms with van der Waals surface area (Å²) in [6.45, 7) is 9.91. The summed E-state index contributed by atoms with van der Waals surface area (Å²) in [5, 5.41) is 0.988. The highest BCUT2D eigenvalue weighted by atomic mass is 79.9. The molecule has 2 aliphatic heterocycles. The fraction of sp³-hybridized carbons (Fsp3) is 0.464. The van der Waals surface area contributed by atoms with Crippen molar-refractivity contribution in [3.05, 3.63) is 63.3 Å². The Bertz CT molecular complexity index is 1270. The molecule has 3 aliphatic rings. The smallest absolute Gasteiger partial charge is 0.195 e. The van der Waals surface area contributed by atoms with Gasteiger partial charge in [0.25, 0.3) is 0 Å². The molecule has 3 aromatic rings. The van der Waals surface area contributed by atoms with Crippen LogP contribution < -0.4 is 4.74 Å². The van der Waals surface area contributed by atoms with Crippen LogP contribution in [0.5, 0.6) is 5.75 Å². The summed E-state index contributed by atoms with van der Waals surface area (Å²) in [4.78, 5) is 22.1. The van der Waals surface area contributed by atoms with Crippen LogP contribution in [0, 0.1) is 5.92 Å². The summed E-state index contributed by atoms with van der Waals surface area (Å²) < 4.78 is 7.30. The zero-order chi connectivity index (χ0) is 23.6. The minimum atomic E-state index is -0.315. The summed E-state index contributed by atoms with van der Waals surface area (Å²) >= 11 is 3.55. The molecule has 1 N–H and O–H groups in total. The molecule has 3 heterocycles. The maximum Gasteiger partial charge on any atom is 0.195 e. The van der Waals surface area contributed by atoms with Gasteiger partial charge in [-0.1, -0.05) is 35.8 Å². The Morgan fingerprint density at radius 1 is 1.12 bits per heavy atom. The molecule has 1 aliphatic carbocycles. The van der Waals surface area contributed by atoms with Crippen molar-refractivity contribution in [1.82, 2.24) is 14.8 Å². The van der Waals surface area contributed by atoms with E-state index in [1.807, 2.05) is 30.3 Å². The second kappa shape index (κ2) is 8.21. The molecule has 0 amide bonds. The molecule has 6 heteroatoms. The number of likely N-dealkylation sites (tertiary alicyclic amines) is 2. The number of hydrogen-bond donors (Lipinski definition) is 1. The Morgan fingerprint density at radius 3 is 2.62 bits per heavy atom. The van der Waals surface area contributed by atoms with Crippen molar-refractivity contribution in [2.24, 2.45) is 5.92 Å². The molecule has 6 rings (SSSR count). The monoisotopic (exact) mass is 521 g/mol. The van der Waals surface area contributed by atoms with Gasteiger partial charge in [0.15, 0.2) is 5.78 Å². The van der Waals surface area contributed by atoms with Crippen molar-refractivity contribution in [2.45, 2.75) is 38.1 Å². The molecule has 2 saturated heterocycles. The van der Waals surface area contributed by atoms with Gasteiger partial charge in [-0.3, -0.25) is 9.69 Å². The molecule has 0 unspecified atom stereocenters. The first kappa shape index (κ1) is 22.3. The van der Waals surface area contributed by atoms with Gasteiger partial charge in [0.1, 0.15) is 5.75 Å². The molecule has 0 atom stereocenters. The van der Waals surface area contributed by atoms with Gasteiger partial charge in [-0.05, 0) is 74.8 Å². The maximum atomic E-state index is 13.5. The van der Waals surface area contributed by atoms with Crippen LogP contribution >= 0.6 is 15.9 Å². The predicted molar refractivity (Wildman–Crippen MR) is 139 cm³/mol. The van der Waals surface area contributed by atoms with E-state index in [0.717, 1.165) is 56.2 Å². The Labute approximate surface area is 209 Å². The number of ether oxygens (including phenoxy) is 1. The molecule has 34 heavy (non-hydrogen) atoms. The van der Waals surface area contributed by atoms with Crippen LogP contribution in [0.3, 0.4) is 0 Å². The van der Waals surface area contributed by atoms with Gasteiger partial charge < -0.3 is 14.6 Å². The Balaban J connectivity index is 1.19. The van der Waals surface area contributed by atoms with Crippen molar-refractivity contribution < 1.29 is 9.53 Å². The number of fused-ring (bicyclic) bond motifs is 4. The van der Waals surface area contributed by atoms with E-state index in [4.69, 9.17) is 4.74 Å². The number of halogens is 1. The van der Waals surface area contributed by atoms with Gasteiger partial charge in [-0.15, -0.1) is 0 Å². The predicted octanol–water partition coefficient (Wildman–Crippen LogP) is 5.21. The summed E-state index contributed by atoms with van der Waals surface area (Å²) in [5.74, 6) is 1.56. The minimum absolute atomic E-state index is 0.0958. The second-order valence-corrected chi connectivity index (χ2v) is 11.8. The third-order valence-electron chi connectivity index (χ3n) is 8.22. The molecule has 5 nitrogen and oxygen atoms in total. The highest BCUT2D eigenvalue weighted by Gasteiger charge is 2.40. The highest BCUT2D eigenvalue weighted by molar-refractivity contribution is 9.10. The number of likely N-dealkylation sites (N-methyl/N-ethyl adjacent to an activating group) is 1. The first-order valence-electron chi connectivity index (χ1n) is 12.4. The van der Waals surface area contributed by atoms with Crippen LogP contribution in [0.1, 0.15) is 53.9 Å². The second-order valence-electron chi connectivity index (χ2n) is 10.9. The Kier molecular flexibility index (Phi) is 5.39. The minimum Gasteiger partial charge on any atom is -0.493 e. The number of carbonyl (C=O) groups excluding carboxylic acids is 1. The van der Waals surface area contributed by atoms with Crippen molar-refractivity contribution in [3.63, 3.8) is 0 Å². The lowest BCUT2D eigenvalue weighted by molar-refractivity contribution is 0.0235. The third-order valence-corrected chi connectivity index (χ3v) is 8.71. The van der Waals surface area contributed by atoms with E-state index < -0.39 is 0 Å². The first-order chi connectivity index (χ1) is 16.3. The van der Waals surface area contributed by atoms with Gasteiger partial charge in [0, 0.05) is 51.2 Å². The van der Waals surface area contributed by atoms with Crippen LogP contribution in [-0.4, -0.2) is 66.4 Å². The number of ketones is 1. The fourth-order valence-electron chi connectivity index (χ4n) is 6.07. The quantitative estimate of drug-likeness (QED) is 0.512. The average Bonchev–Trinajstić information content (AvgIpc) is 3.20. The van der Waals surface area contributed by atoms with E-state index in [1.54, 1.807) is 0 Å². The molecule has 2 aromatic carbocycles. The fourth-order valence-corrected chi connectivity index (χ4v) is 6.43. The maximum absolute atomic E-state index is 13.5. The van der Waals surface area contributed by atoms with Crippen LogP contribution in [0.25, 0.3) is 10.9 Å². The van der Waals surface area contributed by atoms with Crippen molar-refractivity contribution in [2.75, 3.05) is 39.8 Å². The topological polar surface area (TPSA) is 48.6 Å². The molecule has 2 fully saturated rings. The van der Waals surface area contributed by atoms with Crippen molar-refractivity contribution >= 4 is 32.6 Å². The number of nitrogens with zero attached hydrogens (tertiary/aromatic N) is 2. The number of aromatic amines is 1. The molecule has 178 valence electrons. The number of rotatable bonds is 4. The number of piperidine rings is 1. The van der Waals surface area contributed by atoms with Gasteiger partial charge in [-0.25, -0.2) is 0 Å². The summed E-state index contributed by atoms with van der Waals surface area (Å²) in [7, 11) is 2.20. The Hall–Kier alpha value is -2.15. The van der Waals surface area contributed by atoms with Crippen LogP contribution in [0.4, 0.5) is 0 Å². The zero-order valence-corrected chi connectivity index (χ0v) is 21.7. The van der Waals surface area contributed by atoms with Gasteiger partial charge in [-0.2, -0.15) is 0 Å². The number of aromatic nitrogens is 1. The Morgan fingerprint density at radius 2 is 1.88 bits per heavy atom. The number of H-pyrrole nitrogens is 1. The normalized spacial score (nSPS) is 21.4. The number of hydrogen-bond acceptors (Lipinski definition) is 4. The van der Waals surface area contributed by atoms with Crippen molar-refractivity contribution in [1.29, 1.82) is 0 Å². The summed E-state index contributed by atoms with van der Waals surface area (Å²) in [6, 6.07) is 12.9. The van der Waals surface area contributed by atoms with Crippen molar-refractivity contribution in [3.8, 4) is 5.75 Å². The van der Waals surface area contributed by atoms with E-state index >= 15 is 0 Å². The molecule has 1 aromatic heterocycles. The molecular weight excluding hydrogens is 490 g/mol. The molecule has 0 bridgehead atoms. The molecular formula is C28H32BrN3O2. The largest absolute Gasteiger partial charge is 0.493 e. The van der Waals surface area contributed by atoms with Gasteiger partial charge in [0.2, 0.25) is 0 Å². The molecule has 0 saturated carbocycles. The van der Waals surface area contributed by atoms with Crippen LogP contribution in [0.2, 0.25) is 0 Å².